The molecule has 0 amide bonds. The van der Waals surface area contributed by atoms with Crippen LogP contribution < -0.4 is 10.4 Å². The van der Waals surface area contributed by atoms with E-state index in [0.717, 1.165) is 0 Å². The van der Waals surface area contributed by atoms with Crippen molar-refractivity contribution in [3.05, 3.63) is 72.8 Å². The fourth-order valence-electron chi connectivity index (χ4n) is 3.56. The van der Waals surface area contributed by atoms with Gasteiger partial charge in [0.1, 0.15) is 18.2 Å². The Balaban J connectivity index is 2.03. The van der Waals surface area contributed by atoms with Crippen LogP contribution in [0.2, 0.25) is 5.04 Å². The molecule has 0 aliphatic carbocycles. The summed E-state index contributed by atoms with van der Waals surface area (Å²) >= 11 is 0. The molecule has 0 unspecified atom stereocenters. The number of ether oxygens (including phenoxy) is 1. The zero-order valence-corrected chi connectivity index (χ0v) is 16.0. The maximum Gasteiger partial charge on any atom is 0.261 e. The summed E-state index contributed by atoms with van der Waals surface area (Å²) in [7, 11) is -2.56. The van der Waals surface area contributed by atoms with Crippen molar-refractivity contribution >= 4 is 18.7 Å². The maximum atomic E-state index is 13.4. The van der Waals surface area contributed by atoms with Crippen molar-refractivity contribution in [1.29, 1.82) is 0 Å². The van der Waals surface area contributed by atoms with Crippen LogP contribution in [-0.2, 0) is 9.16 Å². The normalized spacial score (nSPS) is 17.9. The third kappa shape index (κ3) is 3.55. The molecule has 0 fully saturated rings. The third-order valence-electron chi connectivity index (χ3n) is 4.71. The van der Waals surface area contributed by atoms with E-state index in [1.165, 1.54) is 16.6 Å². The van der Waals surface area contributed by atoms with Crippen molar-refractivity contribution in [2.45, 2.75) is 38.3 Å². The second-order valence-electron chi connectivity index (χ2n) is 7.50. The molecule has 2 nitrogen and oxygen atoms in total. The van der Waals surface area contributed by atoms with Gasteiger partial charge >= 0.3 is 0 Å². The zero-order chi connectivity index (χ0) is 17.9. The van der Waals surface area contributed by atoms with E-state index >= 15 is 0 Å². The van der Waals surface area contributed by atoms with E-state index in [-0.39, 0.29) is 23.4 Å². The lowest BCUT2D eigenvalue weighted by molar-refractivity contribution is 0.102. The van der Waals surface area contributed by atoms with E-state index in [2.05, 4.69) is 69.3 Å². The minimum Gasteiger partial charge on any atom is -0.493 e. The number of hydrogen-bond acceptors (Lipinski definition) is 2. The molecule has 3 rings (SSSR count). The highest BCUT2D eigenvalue weighted by atomic mass is 28.4. The fraction of sp³-hybridized carbons (Fsp3) is 0.333. The minimum atomic E-state index is -2.56. The van der Waals surface area contributed by atoms with Crippen LogP contribution in [0.5, 0.6) is 0 Å². The van der Waals surface area contributed by atoms with Gasteiger partial charge in [-0.1, -0.05) is 81.4 Å². The largest absolute Gasteiger partial charge is 0.493 e. The number of benzene rings is 2. The lowest BCUT2D eigenvalue weighted by Crippen LogP contribution is -2.67. The van der Waals surface area contributed by atoms with Crippen molar-refractivity contribution < 1.29 is 13.6 Å². The van der Waals surface area contributed by atoms with Gasteiger partial charge in [0.2, 0.25) is 0 Å². The standard InChI is InChI=1S/C21H25FO2Si/c1-21(2,3)25(19-10-6-4-7-11-19,20-12-8-5-9-13-20)24-16-18-14-17(22)15-23-18/h4-13,15,18H,14,16H2,1-3H3/t18-/m0/s1. The topological polar surface area (TPSA) is 18.5 Å². The van der Waals surface area contributed by atoms with Gasteiger partial charge in [0.25, 0.3) is 8.32 Å². The molecule has 0 N–H and O–H groups in total. The minimum absolute atomic E-state index is 0.0831. The SMILES string of the molecule is CC(C)(C)[Si](OC[C@@H]1CC(F)=CO1)(c1ccccc1)c1ccccc1. The van der Waals surface area contributed by atoms with Crippen LogP contribution in [0.25, 0.3) is 0 Å². The van der Waals surface area contributed by atoms with Crippen molar-refractivity contribution in [2.75, 3.05) is 6.61 Å². The molecule has 1 aliphatic rings. The van der Waals surface area contributed by atoms with Crippen molar-refractivity contribution in [3.63, 3.8) is 0 Å². The molecule has 4 heteroatoms. The highest BCUT2D eigenvalue weighted by Gasteiger charge is 2.50. The van der Waals surface area contributed by atoms with E-state index < -0.39 is 8.32 Å². The molecule has 1 atom stereocenters. The first-order chi connectivity index (χ1) is 11.9. The number of hydrogen-bond donors (Lipinski definition) is 0. The molecule has 0 saturated carbocycles. The van der Waals surface area contributed by atoms with Gasteiger partial charge in [-0.15, -0.1) is 0 Å². The van der Waals surface area contributed by atoms with E-state index in [1.54, 1.807) is 0 Å². The Hall–Kier alpha value is -1.91. The summed E-state index contributed by atoms with van der Waals surface area (Å²) in [6.07, 6.45) is 1.25. The predicted molar refractivity (Wildman–Crippen MR) is 102 cm³/mol. The molecule has 0 aromatic heterocycles. The molecule has 0 radical (unpaired) electrons. The maximum absolute atomic E-state index is 13.4. The number of halogens is 1. The fourth-order valence-corrected chi connectivity index (χ4v) is 8.15. The molecule has 2 aromatic rings. The van der Waals surface area contributed by atoms with E-state index in [9.17, 15) is 4.39 Å². The van der Waals surface area contributed by atoms with Crippen LogP contribution in [0.1, 0.15) is 27.2 Å². The Morgan fingerprint density at radius 1 is 1.00 bits per heavy atom. The van der Waals surface area contributed by atoms with Crippen LogP contribution in [0.15, 0.2) is 72.8 Å². The van der Waals surface area contributed by atoms with E-state index in [1.807, 2.05) is 12.1 Å². The lowest BCUT2D eigenvalue weighted by atomic mass is 10.2. The molecule has 2 aromatic carbocycles. The predicted octanol–water partition coefficient (Wildman–Crippen LogP) is 4.16. The first-order valence-corrected chi connectivity index (χ1v) is 10.6. The van der Waals surface area contributed by atoms with Crippen molar-refractivity contribution in [2.24, 2.45) is 0 Å². The van der Waals surface area contributed by atoms with Gasteiger partial charge in [0.15, 0.2) is 0 Å². The second kappa shape index (κ2) is 7.14. The molecule has 0 spiro atoms. The molecule has 25 heavy (non-hydrogen) atoms. The Kier molecular flexibility index (Phi) is 5.11. The van der Waals surface area contributed by atoms with Gasteiger partial charge in [0.05, 0.1) is 6.61 Å². The molecular weight excluding hydrogens is 331 g/mol. The third-order valence-corrected chi connectivity index (χ3v) is 9.72. The summed E-state index contributed by atoms with van der Waals surface area (Å²) in [5.41, 5.74) is 0. The van der Waals surface area contributed by atoms with Gasteiger partial charge in [-0.3, -0.25) is 0 Å². The van der Waals surface area contributed by atoms with Gasteiger partial charge in [-0.05, 0) is 15.4 Å². The molecule has 132 valence electrons. The zero-order valence-electron chi connectivity index (χ0n) is 15.0. The highest BCUT2D eigenvalue weighted by Crippen LogP contribution is 2.37. The van der Waals surface area contributed by atoms with Crippen LogP contribution in [0.3, 0.4) is 0 Å². The quantitative estimate of drug-likeness (QED) is 0.749. The first-order valence-electron chi connectivity index (χ1n) is 8.68. The summed E-state index contributed by atoms with van der Waals surface area (Å²) in [6, 6.07) is 20.9. The molecule has 0 saturated heterocycles. The van der Waals surface area contributed by atoms with E-state index in [0.29, 0.717) is 6.61 Å². The molecule has 0 bridgehead atoms. The monoisotopic (exact) mass is 356 g/mol. The lowest BCUT2D eigenvalue weighted by Gasteiger charge is -2.43. The van der Waals surface area contributed by atoms with Gasteiger partial charge < -0.3 is 9.16 Å². The van der Waals surface area contributed by atoms with Crippen LogP contribution in [-0.4, -0.2) is 21.0 Å². The van der Waals surface area contributed by atoms with Crippen LogP contribution >= 0.6 is 0 Å². The molecule has 1 heterocycles. The Bertz CT molecular complexity index is 683. The summed E-state index contributed by atoms with van der Waals surface area (Å²) in [5.74, 6) is -0.212. The van der Waals surface area contributed by atoms with E-state index in [4.69, 9.17) is 9.16 Å². The average Bonchev–Trinajstić information content (AvgIpc) is 3.02. The Morgan fingerprint density at radius 2 is 1.52 bits per heavy atom. The summed E-state index contributed by atoms with van der Waals surface area (Å²) in [6.45, 7) is 7.08. The van der Waals surface area contributed by atoms with Crippen LogP contribution in [0.4, 0.5) is 4.39 Å². The average molecular weight is 357 g/mol. The first kappa shape index (κ1) is 17.9. The second-order valence-corrected chi connectivity index (χ2v) is 11.8. The van der Waals surface area contributed by atoms with Crippen molar-refractivity contribution in [1.82, 2.24) is 0 Å². The summed E-state index contributed by atoms with van der Waals surface area (Å²) < 4.78 is 25.5. The molecular formula is C21H25FO2Si. The van der Waals surface area contributed by atoms with Gasteiger partial charge in [-0.2, -0.15) is 0 Å². The number of rotatable bonds is 5. The van der Waals surface area contributed by atoms with Gasteiger partial charge in [0, 0.05) is 6.42 Å². The Morgan fingerprint density at radius 3 is 1.92 bits per heavy atom. The summed E-state index contributed by atoms with van der Waals surface area (Å²) in [5, 5.41) is 2.36. The van der Waals surface area contributed by atoms with Crippen molar-refractivity contribution in [3.8, 4) is 0 Å². The smallest absolute Gasteiger partial charge is 0.261 e. The Labute approximate surface area is 150 Å². The van der Waals surface area contributed by atoms with Gasteiger partial charge in [-0.25, -0.2) is 4.39 Å². The highest BCUT2D eigenvalue weighted by molar-refractivity contribution is 6.99. The summed E-state index contributed by atoms with van der Waals surface area (Å²) in [4.78, 5) is 0. The molecule has 1 aliphatic heterocycles. The van der Waals surface area contributed by atoms with Crippen LogP contribution in [0, 0.1) is 0 Å².